The Balaban J connectivity index is 2.38. The van der Waals surface area contributed by atoms with Gasteiger partial charge in [0, 0.05) is 5.38 Å². The second kappa shape index (κ2) is 6.27. The highest BCUT2D eigenvalue weighted by molar-refractivity contribution is 7.11. The number of hydrogen-bond acceptors (Lipinski definition) is 5. The number of hydrogen-bond donors (Lipinski definition) is 1. The Morgan fingerprint density at radius 1 is 1.71 bits per heavy atom. The number of ether oxygens (including phenoxy) is 1. The fourth-order valence-electron chi connectivity index (χ4n) is 0.714. The highest BCUT2D eigenvalue weighted by atomic mass is 32.1. The molecule has 1 N–H and O–H groups in total. The van der Waals surface area contributed by atoms with Crippen molar-refractivity contribution in [3.63, 3.8) is 0 Å². The zero-order chi connectivity index (χ0) is 10.2. The van der Waals surface area contributed by atoms with Crippen molar-refractivity contribution in [1.82, 2.24) is 4.98 Å². The Morgan fingerprint density at radius 3 is 3.21 bits per heavy atom. The number of aromatic nitrogens is 1. The van der Waals surface area contributed by atoms with E-state index in [0.29, 0.717) is 17.0 Å². The highest BCUT2D eigenvalue weighted by Crippen LogP contribution is 2.05. The van der Waals surface area contributed by atoms with Crippen molar-refractivity contribution in [2.24, 2.45) is 0 Å². The predicted molar refractivity (Wildman–Crippen MR) is 52.3 cm³/mol. The molecule has 1 aromatic heterocycles. The maximum absolute atomic E-state index is 10.3. The lowest BCUT2D eigenvalue weighted by atomic mass is 10.5. The zero-order valence-corrected chi connectivity index (χ0v) is 8.21. The number of carbonyl (C=O) groups is 1. The second-order valence-electron chi connectivity index (χ2n) is 2.27. The van der Waals surface area contributed by atoms with E-state index in [4.69, 9.17) is 9.84 Å². The van der Waals surface area contributed by atoms with E-state index >= 15 is 0 Å². The summed E-state index contributed by atoms with van der Waals surface area (Å²) in [6, 6.07) is 0. The van der Waals surface area contributed by atoms with E-state index in [1.165, 1.54) is 11.3 Å². The minimum absolute atomic E-state index is 0.00628. The molecule has 14 heavy (non-hydrogen) atoms. The van der Waals surface area contributed by atoms with E-state index in [0.717, 1.165) is 0 Å². The molecule has 0 amide bonds. The van der Waals surface area contributed by atoms with Crippen LogP contribution in [-0.2, 0) is 4.74 Å². The van der Waals surface area contributed by atoms with Crippen molar-refractivity contribution in [2.75, 3.05) is 19.8 Å². The summed E-state index contributed by atoms with van der Waals surface area (Å²) in [5, 5.41) is 10.5. The predicted octanol–water partition coefficient (Wildman–Crippen LogP) is 0.316. The van der Waals surface area contributed by atoms with Gasteiger partial charge in [0.15, 0.2) is 11.3 Å². The molecule has 0 saturated carbocycles. The number of nitrogens with zero attached hydrogens (tertiary/aromatic N) is 1. The van der Waals surface area contributed by atoms with Crippen molar-refractivity contribution < 1.29 is 14.6 Å². The molecule has 0 aliphatic carbocycles. The third-order valence-corrected chi connectivity index (χ3v) is 2.02. The number of aldehydes is 1. The highest BCUT2D eigenvalue weighted by Gasteiger charge is 1.95. The molecule has 0 atom stereocenters. The summed E-state index contributed by atoms with van der Waals surface area (Å²) in [4.78, 5) is 14.2. The quantitative estimate of drug-likeness (QED) is 0.442. The number of carbonyl (C=O) groups excluding carboxylic acids is 1. The average molecular weight is 211 g/mol. The third-order valence-electron chi connectivity index (χ3n) is 1.25. The Kier molecular flexibility index (Phi) is 4.86. The molecule has 5 heteroatoms. The van der Waals surface area contributed by atoms with Crippen LogP contribution in [0.1, 0.15) is 15.5 Å². The van der Waals surface area contributed by atoms with Gasteiger partial charge in [-0.25, -0.2) is 4.98 Å². The molecule has 0 spiro atoms. The molecule has 0 aliphatic rings. The van der Waals surface area contributed by atoms with E-state index in [-0.39, 0.29) is 19.8 Å². The van der Waals surface area contributed by atoms with E-state index in [2.05, 4.69) is 16.8 Å². The average Bonchev–Trinajstić information content (AvgIpc) is 2.65. The largest absolute Gasteiger partial charge is 0.394 e. The summed E-state index contributed by atoms with van der Waals surface area (Å²) in [5.41, 5.74) is 0.574. The normalized spacial score (nSPS) is 9.21. The molecular weight excluding hydrogens is 202 g/mol. The lowest BCUT2D eigenvalue weighted by molar-refractivity contribution is 0.112. The minimum atomic E-state index is -0.00628. The van der Waals surface area contributed by atoms with Gasteiger partial charge < -0.3 is 9.84 Å². The van der Waals surface area contributed by atoms with E-state index in [1.807, 2.05) is 0 Å². The van der Waals surface area contributed by atoms with Crippen LogP contribution in [0.3, 0.4) is 0 Å². The van der Waals surface area contributed by atoms with Gasteiger partial charge in [-0.2, -0.15) is 0 Å². The van der Waals surface area contributed by atoms with Gasteiger partial charge in [0.25, 0.3) is 0 Å². The van der Waals surface area contributed by atoms with Crippen molar-refractivity contribution in [2.45, 2.75) is 0 Å². The Hall–Kier alpha value is -1.22. The smallest absolute Gasteiger partial charge is 0.178 e. The minimum Gasteiger partial charge on any atom is -0.394 e. The molecule has 1 rings (SSSR count). The van der Waals surface area contributed by atoms with Crippen molar-refractivity contribution in [1.29, 1.82) is 0 Å². The van der Waals surface area contributed by atoms with Crippen LogP contribution in [0.5, 0.6) is 0 Å². The molecule has 4 nitrogen and oxygen atoms in total. The van der Waals surface area contributed by atoms with Crippen LogP contribution >= 0.6 is 11.3 Å². The van der Waals surface area contributed by atoms with Crippen molar-refractivity contribution in [3.8, 4) is 11.8 Å². The standard InChI is InChI=1S/C9H9NO3S/c11-3-5-13-4-1-2-8-7-14-9(6-12)10-8/h6-7,11H,3-5H2. The summed E-state index contributed by atoms with van der Waals surface area (Å²) in [5.74, 6) is 5.46. The third kappa shape index (κ3) is 3.66. The first kappa shape index (κ1) is 10.9. The lowest BCUT2D eigenvalue weighted by Gasteiger charge is -1.91. The molecule has 1 aromatic rings. The van der Waals surface area contributed by atoms with Gasteiger partial charge in [0.1, 0.15) is 12.3 Å². The summed E-state index contributed by atoms with van der Waals surface area (Å²) >= 11 is 1.26. The van der Waals surface area contributed by atoms with Crippen LogP contribution in [0.2, 0.25) is 0 Å². The van der Waals surface area contributed by atoms with Crippen LogP contribution in [0.4, 0.5) is 0 Å². The van der Waals surface area contributed by atoms with Crippen LogP contribution in [0.25, 0.3) is 0 Å². The van der Waals surface area contributed by atoms with E-state index < -0.39 is 0 Å². The molecule has 0 aliphatic heterocycles. The Bertz CT molecular complexity index is 350. The molecule has 0 fully saturated rings. The second-order valence-corrected chi connectivity index (χ2v) is 3.16. The van der Waals surface area contributed by atoms with E-state index in [9.17, 15) is 4.79 Å². The van der Waals surface area contributed by atoms with E-state index in [1.54, 1.807) is 5.38 Å². The molecule has 0 unspecified atom stereocenters. The molecule has 74 valence electrons. The molecule has 0 bridgehead atoms. The SMILES string of the molecule is O=Cc1nc(C#CCOCCO)cs1. The van der Waals surface area contributed by atoms with Crippen LogP contribution in [0.15, 0.2) is 5.38 Å². The zero-order valence-electron chi connectivity index (χ0n) is 7.40. The maximum atomic E-state index is 10.3. The van der Waals surface area contributed by atoms with Gasteiger partial charge in [0.2, 0.25) is 0 Å². The van der Waals surface area contributed by atoms with Crippen LogP contribution in [-0.4, -0.2) is 36.2 Å². The van der Waals surface area contributed by atoms with Crippen LogP contribution in [0, 0.1) is 11.8 Å². The fraction of sp³-hybridized carbons (Fsp3) is 0.333. The number of thiazole rings is 1. The first-order valence-electron chi connectivity index (χ1n) is 3.95. The first-order valence-corrected chi connectivity index (χ1v) is 4.83. The van der Waals surface area contributed by atoms with Gasteiger partial charge in [-0.3, -0.25) is 4.79 Å². The number of aliphatic hydroxyl groups is 1. The number of aliphatic hydroxyl groups excluding tert-OH is 1. The summed E-state index contributed by atoms with van der Waals surface area (Å²) in [6.07, 6.45) is 0.693. The van der Waals surface area contributed by atoms with Gasteiger partial charge >= 0.3 is 0 Å². The molecular formula is C9H9NO3S. The maximum Gasteiger partial charge on any atom is 0.178 e. The summed E-state index contributed by atoms with van der Waals surface area (Å²) in [6.45, 7) is 0.535. The van der Waals surface area contributed by atoms with Gasteiger partial charge in [-0.15, -0.1) is 11.3 Å². The summed E-state index contributed by atoms with van der Waals surface area (Å²) < 4.78 is 4.92. The van der Waals surface area contributed by atoms with Gasteiger partial charge in [-0.1, -0.05) is 5.92 Å². The number of rotatable bonds is 4. The molecule has 0 saturated heterocycles. The summed E-state index contributed by atoms with van der Waals surface area (Å²) in [7, 11) is 0. The Morgan fingerprint density at radius 2 is 2.57 bits per heavy atom. The van der Waals surface area contributed by atoms with Crippen molar-refractivity contribution in [3.05, 3.63) is 16.1 Å². The van der Waals surface area contributed by atoms with Crippen molar-refractivity contribution >= 4 is 17.6 Å². The molecule has 1 heterocycles. The Labute approximate surface area is 85.5 Å². The topological polar surface area (TPSA) is 59.4 Å². The monoisotopic (exact) mass is 211 g/mol. The van der Waals surface area contributed by atoms with Gasteiger partial charge in [0.05, 0.1) is 13.2 Å². The van der Waals surface area contributed by atoms with Gasteiger partial charge in [-0.05, 0) is 5.92 Å². The molecule has 0 radical (unpaired) electrons. The fourth-order valence-corrected chi connectivity index (χ4v) is 1.26. The molecule has 0 aromatic carbocycles. The first-order chi connectivity index (χ1) is 6.86. The van der Waals surface area contributed by atoms with Crippen LogP contribution < -0.4 is 0 Å². The lowest BCUT2D eigenvalue weighted by Crippen LogP contribution is -1.98.